The monoisotopic (exact) mass is 386 g/mol. The topological polar surface area (TPSA) is 98.6 Å². The van der Waals surface area contributed by atoms with Crippen LogP contribution in [0.5, 0.6) is 17.2 Å². The summed E-state index contributed by atoms with van der Waals surface area (Å²) in [6.07, 6.45) is 1.90. The van der Waals surface area contributed by atoms with Gasteiger partial charge in [0.25, 0.3) is 0 Å². The third kappa shape index (κ3) is 4.21. The number of nitrogens with zero attached hydrogens (tertiary/aromatic N) is 1. The second-order valence-corrected chi connectivity index (χ2v) is 8.43. The number of hydrogen-bond acceptors (Lipinski definition) is 5. The Kier molecular flexibility index (Phi) is 5.92. The molecule has 0 radical (unpaired) electrons. The minimum Gasteiger partial charge on any atom is -0.501 e. The Balaban J connectivity index is 2.59. The average molecular weight is 386 g/mol. The molecule has 28 heavy (non-hydrogen) atoms. The van der Waals surface area contributed by atoms with E-state index in [2.05, 4.69) is 47.6 Å². The largest absolute Gasteiger partial charge is 0.501 e. The van der Waals surface area contributed by atoms with Gasteiger partial charge in [0.15, 0.2) is 0 Å². The Hall–Kier alpha value is -2.76. The summed E-state index contributed by atoms with van der Waals surface area (Å²) in [7, 11) is 0. The molecule has 0 aromatic heterocycles. The van der Waals surface area contributed by atoms with Crippen LogP contribution in [-0.2, 0) is 10.8 Å². The van der Waals surface area contributed by atoms with Gasteiger partial charge in [-0.2, -0.15) is 0 Å². The molecule has 0 aliphatic heterocycles. The zero-order chi connectivity index (χ0) is 21.3. The second kappa shape index (κ2) is 7.70. The van der Waals surface area contributed by atoms with Gasteiger partial charge >= 0.3 is 5.69 Å². The van der Waals surface area contributed by atoms with Crippen molar-refractivity contribution in [1.82, 2.24) is 0 Å². The molecule has 0 saturated carbocycles. The van der Waals surface area contributed by atoms with Crippen LogP contribution in [0.2, 0.25) is 0 Å². The molecule has 0 aliphatic carbocycles. The van der Waals surface area contributed by atoms with E-state index < -0.39 is 16.4 Å². The van der Waals surface area contributed by atoms with Crippen LogP contribution in [0.3, 0.4) is 0 Å². The molecular weight excluding hydrogens is 356 g/mol. The molecule has 3 N–H and O–H groups in total. The molecule has 152 valence electrons. The Bertz CT molecular complexity index is 888. The zero-order valence-corrected chi connectivity index (χ0v) is 17.5. The zero-order valence-electron chi connectivity index (χ0n) is 17.5. The van der Waals surface area contributed by atoms with Gasteiger partial charge in [0.2, 0.25) is 5.75 Å². The maximum Gasteiger partial charge on any atom is 0.316 e. The van der Waals surface area contributed by atoms with Crippen LogP contribution in [0.25, 0.3) is 0 Å². The van der Waals surface area contributed by atoms with Crippen LogP contribution in [0.15, 0.2) is 30.3 Å². The number of phenolic OH excluding ortho intramolecular Hbond substituents is 1. The first kappa shape index (κ1) is 21.5. The lowest BCUT2D eigenvalue weighted by Crippen LogP contribution is -2.20. The van der Waals surface area contributed by atoms with Crippen molar-refractivity contribution in [2.45, 2.75) is 65.2 Å². The summed E-state index contributed by atoms with van der Waals surface area (Å²) in [6.45, 7) is 13.0. The molecule has 0 heterocycles. The van der Waals surface area contributed by atoms with E-state index in [9.17, 15) is 15.2 Å². The fraction of sp³-hybridized carbons (Fsp3) is 0.455. The van der Waals surface area contributed by atoms with Crippen LogP contribution in [0.1, 0.15) is 65.5 Å². The molecule has 0 unspecified atom stereocenters. The van der Waals surface area contributed by atoms with Crippen LogP contribution >= 0.6 is 0 Å². The smallest absolute Gasteiger partial charge is 0.316 e. The van der Waals surface area contributed by atoms with Gasteiger partial charge in [-0.25, -0.2) is 0 Å². The second-order valence-electron chi connectivity index (χ2n) is 8.43. The molecule has 2 rings (SSSR count). The molecule has 2 aromatic rings. The van der Waals surface area contributed by atoms with E-state index in [-0.39, 0.29) is 22.3 Å². The van der Waals surface area contributed by atoms with Crippen LogP contribution < -0.4 is 10.5 Å². The number of ether oxygens (including phenoxy) is 1. The Labute approximate surface area is 166 Å². The number of nitro groups is 1. The van der Waals surface area contributed by atoms with Crippen molar-refractivity contribution in [3.8, 4) is 17.2 Å². The molecule has 0 atom stereocenters. The fourth-order valence-electron chi connectivity index (χ4n) is 2.90. The van der Waals surface area contributed by atoms with Crippen molar-refractivity contribution < 1.29 is 14.8 Å². The molecule has 2 aromatic carbocycles. The van der Waals surface area contributed by atoms with E-state index in [1.54, 1.807) is 0 Å². The van der Waals surface area contributed by atoms with Crippen LogP contribution in [0, 0.1) is 10.1 Å². The number of rotatable bonds is 7. The van der Waals surface area contributed by atoms with Crippen molar-refractivity contribution >= 4 is 11.4 Å². The summed E-state index contributed by atoms with van der Waals surface area (Å²) >= 11 is 0. The predicted octanol–water partition coefficient (Wildman–Crippen LogP) is 6.05. The molecule has 0 bridgehead atoms. The number of aromatic hydroxyl groups is 1. The lowest BCUT2D eigenvalue weighted by Gasteiger charge is -2.30. The van der Waals surface area contributed by atoms with Crippen molar-refractivity contribution in [3.05, 3.63) is 51.6 Å². The maximum absolute atomic E-state index is 11.2. The van der Waals surface area contributed by atoms with Gasteiger partial charge in [-0.05, 0) is 35.3 Å². The van der Waals surface area contributed by atoms with E-state index >= 15 is 0 Å². The quantitative estimate of drug-likeness (QED) is 0.261. The fourth-order valence-corrected chi connectivity index (χ4v) is 2.90. The highest BCUT2D eigenvalue weighted by Crippen LogP contribution is 2.42. The number of nitrogen functional groups attached to an aromatic ring is 1. The summed E-state index contributed by atoms with van der Waals surface area (Å²) < 4.78 is 6.03. The number of phenols is 1. The predicted molar refractivity (Wildman–Crippen MR) is 112 cm³/mol. The molecule has 0 saturated heterocycles. The molecular formula is C22H30N2O4. The van der Waals surface area contributed by atoms with Crippen molar-refractivity contribution in [2.24, 2.45) is 0 Å². The molecule has 0 spiro atoms. The first-order chi connectivity index (χ1) is 12.9. The summed E-state index contributed by atoms with van der Waals surface area (Å²) in [5.41, 5.74) is 7.28. The first-order valence-corrected chi connectivity index (χ1v) is 9.52. The molecule has 6 nitrogen and oxygen atoms in total. The minimum atomic E-state index is -0.678. The summed E-state index contributed by atoms with van der Waals surface area (Å²) in [5, 5.41) is 21.0. The number of benzene rings is 2. The van der Waals surface area contributed by atoms with Crippen molar-refractivity contribution in [3.63, 3.8) is 0 Å². The van der Waals surface area contributed by atoms with Gasteiger partial charge in [-0.1, -0.05) is 53.7 Å². The summed E-state index contributed by atoms with van der Waals surface area (Å²) in [4.78, 5) is 10.5. The van der Waals surface area contributed by atoms with Crippen LogP contribution in [-0.4, -0.2) is 10.0 Å². The number of hydrogen-bond donors (Lipinski definition) is 2. The summed E-state index contributed by atoms with van der Waals surface area (Å²) in [5.74, 6) is 0.297. The molecule has 0 amide bonds. The van der Waals surface area contributed by atoms with Gasteiger partial charge in [0, 0.05) is 11.6 Å². The standard InChI is InChI=1S/C22H30N2O4/c1-7-21(3,4)14-9-10-19(16(11-14)22(5,6)8-2)28-15-12-17(23)20(25)18(13-15)24(26)27/h9-13,25H,7-8,23H2,1-6H3. The van der Waals surface area contributed by atoms with E-state index in [0.717, 1.165) is 18.4 Å². The van der Waals surface area contributed by atoms with Gasteiger partial charge in [0.05, 0.1) is 16.7 Å². The third-order valence-electron chi connectivity index (χ3n) is 5.78. The molecule has 0 fully saturated rings. The number of anilines is 1. The molecule has 0 aliphatic rings. The molecule has 6 heteroatoms. The third-order valence-corrected chi connectivity index (χ3v) is 5.78. The number of nitrogens with two attached hydrogens (primary N) is 1. The van der Waals surface area contributed by atoms with Gasteiger partial charge in [-0.15, -0.1) is 0 Å². The Morgan fingerprint density at radius 1 is 1.07 bits per heavy atom. The Morgan fingerprint density at radius 2 is 1.68 bits per heavy atom. The SMILES string of the molecule is CCC(C)(C)c1ccc(Oc2cc(N)c(O)c([N+](=O)[O-])c2)c(C(C)(C)CC)c1. The maximum atomic E-state index is 11.2. The van der Waals surface area contributed by atoms with E-state index in [1.165, 1.54) is 17.7 Å². The number of nitro benzene ring substituents is 1. The van der Waals surface area contributed by atoms with E-state index in [0.29, 0.717) is 5.75 Å². The first-order valence-electron chi connectivity index (χ1n) is 9.52. The van der Waals surface area contributed by atoms with Crippen LogP contribution in [0.4, 0.5) is 11.4 Å². The van der Waals surface area contributed by atoms with Gasteiger partial charge < -0.3 is 15.6 Å². The Morgan fingerprint density at radius 3 is 2.21 bits per heavy atom. The average Bonchev–Trinajstić information content (AvgIpc) is 2.64. The lowest BCUT2D eigenvalue weighted by atomic mass is 9.76. The lowest BCUT2D eigenvalue weighted by molar-refractivity contribution is -0.385. The van der Waals surface area contributed by atoms with E-state index in [1.807, 2.05) is 12.1 Å². The highest BCUT2D eigenvalue weighted by molar-refractivity contribution is 5.66. The summed E-state index contributed by atoms with van der Waals surface area (Å²) in [6, 6.07) is 8.70. The van der Waals surface area contributed by atoms with Gasteiger partial charge in [0.1, 0.15) is 11.5 Å². The highest BCUT2D eigenvalue weighted by Gasteiger charge is 2.27. The highest BCUT2D eigenvalue weighted by atomic mass is 16.6. The minimum absolute atomic E-state index is 0.0266. The van der Waals surface area contributed by atoms with E-state index in [4.69, 9.17) is 10.5 Å². The normalized spacial score (nSPS) is 12.1. The van der Waals surface area contributed by atoms with Crippen molar-refractivity contribution in [2.75, 3.05) is 5.73 Å². The van der Waals surface area contributed by atoms with Gasteiger partial charge in [-0.3, -0.25) is 10.1 Å². The van der Waals surface area contributed by atoms with Crippen molar-refractivity contribution in [1.29, 1.82) is 0 Å².